The largest absolute Gasteiger partial charge is 0.806 e. The number of hydrogen-bond acceptors (Lipinski definition) is 5. The van der Waals surface area contributed by atoms with E-state index in [9.17, 15) is 4.89 Å². The zero-order valence-corrected chi connectivity index (χ0v) is 10.7. The molecule has 0 spiro atoms. The van der Waals surface area contributed by atoms with Crippen molar-refractivity contribution in [1.29, 1.82) is 0 Å². The van der Waals surface area contributed by atoms with Crippen LogP contribution in [0.25, 0.3) is 0 Å². The summed E-state index contributed by atoms with van der Waals surface area (Å²) in [6, 6.07) is 0. The second-order valence-electron chi connectivity index (χ2n) is 4.37. The Hall–Kier alpha value is 0.230. The highest BCUT2D eigenvalue weighted by Gasteiger charge is 2.22. The quantitative estimate of drug-likeness (QED) is 0.545. The predicted molar refractivity (Wildman–Crippen MR) is 65.0 cm³/mol. The van der Waals surface area contributed by atoms with Gasteiger partial charge in [-0.2, -0.15) is 0 Å². The molecule has 2 heterocycles. The van der Waals surface area contributed by atoms with E-state index in [1.807, 2.05) is 0 Å². The molecule has 16 heavy (non-hydrogen) atoms. The molecule has 2 unspecified atom stereocenters. The van der Waals surface area contributed by atoms with Gasteiger partial charge in [-0.15, -0.1) is 0 Å². The molecule has 0 radical (unpaired) electrons. The predicted octanol–water partition coefficient (Wildman–Crippen LogP) is -0.836. The summed E-state index contributed by atoms with van der Waals surface area (Å²) in [5.41, 5.74) is 0. The third kappa shape index (κ3) is 3.62. The van der Waals surface area contributed by atoms with Gasteiger partial charge in [0.1, 0.15) is 0 Å². The highest BCUT2D eigenvalue weighted by molar-refractivity contribution is 7.45. The maximum absolute atomic E-state index is 12.1. The van der Waals surface area contributed by atoms with Crippen molar-refractivity contribution in [3.8, 4) is 0 Å². The summed E-state index contributed by atoms with van der Waals surface area (Å²) in [7, 11) is -1.24. The minimum absolute atomic E-state index is 0.964. The van der Waals surface area contributed by atoms with Gasteiger partial charge in [-0.3, -0.25) is 9.34 Å². The molecular weight excluding hydrogens is 223 g/mol. The van der Waals surface area contributed by atoms with E-state index in [1.54, 1.807) is 0 Å². The van der Waals surface area contributed by atoms with Gasteiger partial charge in [0.25, 0.3) is 0 Å². The molecule has 0 saturated carbocycles. The lowest BCUT2D eigenvalue weighted by atomic mass is 10.3. The molecule has 0 aliphatic carbocycles. The fraction of sp³-hybridized carbons (Fsp3) is 1.00. The lowest BCUT2D eigenvalue weighted by Crippen LogP contribution is -2.30. The number of hydrogen-bond donors (Lipinski definition) is 2. The van der Waals surface area contributed by atoms with Gasteiger partial charge in [-0.1, -0.05) is 8.45 Å². The molecule has 94 valence electrons. The zero-order chi connectivity index (χ0) is 11.2. The van der Waals surface area contributed by atoms with E-state index in [2.05, 4.69) is 20.0 Å². The van der Waals surface area contributed by atoms with Crippen molar-refractivity contribution in [3.63, 3.8) is 0 Å². The summed E-state index contributed by atoms with van der Waals surface area (Å²) < 4.78 is 4.25. The second-order valence-corrected chi connectivity index (χ2v) is 6.00. The molecular formula is C10H22N4OP-. The van der Waals surface area contributed by atoms with Gasteiger partial charge in [0.15, 0.2) is 0 Å². The van der Waals surface area contributed by atoms with Crippen molar-refractivity contribution in [2.45, 2.75) is 12.8 Å². The highest BCUT2D eigenvalue weighted by Crippen LogP contribution is 2.40. The van der Waals surface area contributed by atoms with Crippen LogP contribution in [-0.4, -0.2) is 61.7 Å². The lowest BCUT2D eigenvalue weighted by Gasteiger charge is -2.35. The van der Waals surface area contributed by atoms with Crippen LogP contribution in [0.5, 0.6) is 0 Å². The lowest BCUT2D eigenvalue weighted by molar-refractivity contribution is -0.177. The first-order chi connectivity index (χ1) is 7.88. The first-order valence-electron chi connectivity index (χ1n) is 6.26. The maximum atomic E-state index is 12.1. The number of rotatable bonds is 0. The molecule has 2 fully saturated rings. The smallest absolute Gasteiger partial charge is 0.0153 e. The van der Waals surface area contributed by atoms with Crippen LogP contribution in [0.1, 0.15) is 12.8 Å². The second kappa shape index (κ2) is 6.84. The molecule has 2 bridgehead atoms. The molecule has 2 aliphatic rings. The van der Waals surface area contributed by atoms with Crippen LogP contribution < -0.4 is 15.5 Å². The van der Waals surface area contributed by atoms with E-state index < -0.39 is 8.45 Å². The molecule has 2 rings (SSSR count). The summed E-state index contributed by atoms with van der Waals surface area (Å²) in [6.07, 6.45) is 2.18. The van der Waals surface area contributed by atoms with Crippen LogP contribution in [-0.2, 0) is 0 Å². The normalized spacial score (nSPS) is 38.4. The highest BCUT2D eigenvalue weighted by atomic mass is 31.2. The molecule has 0 aromatic carbocycles. The fourth-order valence-electron chi connectivity index (χ4n) is 2.18. The Labute approximate surface area is 99.1 Å². The van der Waals surface area contributed by atoms with E-state index in [0.29, 0.717) is 0 Å². The maximum Gasteiger partial charge on any atom is 0.0153 e. The molecule has 2 atom stereocenters. The molecule has 5 nitrogen and oxygen atoms in total. The average molecular weight is 245 g/mol. The summed E-state index contributed by atoms with van der Waals surface area (Å²) in [6.45, 7) is 8.01. The first-order valence-corrected chi connectivity index (χ1v) is 7.43. The van der Waals surface area contributed by atoms with Crippen molar-refractivity contribution in [2.24, 2.45) is 0 Å². The van der Waals surface area contributed by atoms with Crippen LogP contribution in [0.15, 0.2) is 0 Å². The summed E-state index contributed by atoms with van der Waals surface area (Å²) in [5, 5.41) is 6.80. The van der Waals surface area contributed by atoms with E-state index in [1.165, 1.54) is 0 Å². The Morgan fingerprint density at radius 3 is 1.75 bits per heavy atom. The standard InChI is InChI=1S/C10H22N4OP/c15-16-13-7-1-3-11-5-6-12-4-2-8-14(16)10-9-13/h11-12H,1-10H2/q-1. The van der Waals surface area contributed by atoms with E-state index >= 15 is 0 Å². The third-order valence-corrected chi connectivity index (χ3v) is 4.89. The molecule has 2 N–H and O–H groups in total. The molecule has 0 aromatic rings. The minimum atomic E-state index is -1.24. The molecule has 6 heteroatoms. The minimum Gasteiger partial charge on any atom is -0.806 e. The first kappa shape index (κ1) is 12.7. The zero-order valence-electron chi connectivity index (χ0n) is 9.82. The fourth-order valence-corrected chi connectivity index (χ4v) is 3.68. The Kier molecular flexibility index (Phi) is 5.42. The van der Waals surface area contributed by atoms with Gasteiger partial charge in [-0.25, -0.2) is 0 Å². The van der Waals surface area contributed by atoms with Crippen LogP contribution in [0, 0.1) is 0 Å². The van der Waals surface area contributed by atoms with Crippen LogP contribution in [0.4, 0.5) is 0 Å². The van der Waals surface area contributed by atoms with Crippen molar-refractivity contribution >= 4 is 8.45 Å². The van der Waals surface area contributed by atoms with Gasteiger partial charge in [0.2, 0.25) is 0 Å². The summed E-state index contributed by atoms with van der Waals surface area (Å²) in [5.74, 6) is 0. The molecule has 0 amide bonds. The van der Waals surface area contributed by atoms with Gasteiger partial charge in [0, 0.05) is 39.3 Å². The van der Waals surface area contributed by atoms with Crippen molar-refractivity contribution in [3.05, 3.63) is 0 Å². The Morgan fingerprint density at radius 2 is 1.25 bits per heavy atom. The van der Waals surface area contributed by atoms with Crippen molar-refractivity contribution < 1.29 is 4.89 Å². The Morgan fingerprint density at radius 1 is 0.750 bits per heavy atom. The number of nitrogens with one attached hydrogen (secondary N) is 2. The van der Waals surface area contributed by atoms with Gasteiger partial charge in [-0.05, 0) is 25.9 Å². The van der Waals surface area contributed by atoms with Gasteiger partial charge >= 0.3 is 0 Å². The average Bonchev–Trinajstić information content (AvgIpc) is 2.64. The summed E-state index contributed by atoms with van der Waals surface area (Å²) in [4.78, 5) is 12.1. The SMILES string of the molecule is [O-]P1N2CCCNCCNCCCN1CC2. The number of fused-ring (bicyclic) bond motifs is 2. The summed E-state index contributed by atoms with van der Waals surface area (Å²) >= 11 is 0. The third-order valence-electron chi connectivity index (χ3n) is 3.12. The van der Waals surface area contributed by atoms with Crippen molar-refractivity contribution in [2.75, 3.05) is 52.4 Å². The van der Waals surface area contributed by atoms with E-state index in [-0.39, 0.29) is 0 Å². The Balaban J connectivity index is 1.81. The molecule has 2 saturated heterocycles. The van der Waals surface area contributed by atoms with E-state index in [4.69, 9.17) is 0 Å². The van der Waals surface area contributed by atoms with Crippen LogP contribution >= 0.6 is 8.45 Å². The molecule has 2 aliphatic heterocycles. The monoisotopic (exact) mass is 245 g/mol. The van der Waals surface area contributed by atoms with E-state index in [0.717, 1.165) is 65.2 Å². The van der Waals surface area contributed by atoms with Gasteiger partial charge in [0.05, 0.1) is 0 Å². The molecule has 0 aromatic heterocycles. The van der Waals surface area contributed by atoms with Crippen LogP contribution in [0.3, 0.4) is 0 Å². The topological polar surface area (TPSA) is 53.6 Å². The number of nitrogens with zero attached hydrogens (tertiary/aromatic N) is 2. The Bertz CT molecular complexity index is 187. The van der Waals surface area contributed by atoms with Gasteiger partial charge < -0.3 is 15.5 Å². The van der Waals surface area contributed by atoms with Crippen molar-refractivity contribution in [1.82, 2.24) is 20.0 Å². The van der Waals surface area contributed by atoms with Crippen LogP contribution in [0.2, 0.25) is 0 Å².